The predicted octanol–water partition coefficient (Wildman–Crippen LogP) is 2.49. The molecule has 2 aliphatic carbocycles. The monoisotopic (exact) mass is 249 g/mol. The fourth-order valence-electron chi connectivity index (χ4n) is 2.77. The Kier molecular flexibility index (Phi) is 3.93. The van der Waals surface area contributed by atoms with Crippen molar-refractivity contribution in [1.82, 2.24) is 15.5 Å². The van der Waals surface area contributed by atoms with Gasteiger partial charge in [0.2, 0.25) is 11.8 Å². The predicted molar refractivity (Wildman–Crippen MR) is 69.3 cm³/mol. The van der Waals surface area contributed by atoms with Crippen molar-refractivity contribution in [2.75, 3.05) is 6.54 Å². The van der Waals surface area contributed by atoms with E-state index in [1.807, 2.05) is 0 Å². The molecule has 0 unspecified atom stereocenters. The smallest absolute Gasteiger partial charge is 0.216 e. The Balaban J connectivity index is 1.37. The molecule has 0 atom stereocenters. The Morgan fingerprint density at radius 2 is 1.83 bits per heavy atom. The quantitative estimate of drug-likeness (QED) is 0.754. The molecule has 1 aromatic rings. The first-order valence-corrected chi connectivity index (χ1v) is 7.45. The minimum Gasteiger partial charge on any atom is -0.425 e. The van der Waals surface area contributed by atoms with Gasteiger partial charge in [0.05, 0.1) is 0 Å². The number of aryl methyl sites for hydroxylation is 1. The summed E-state index contributed by atoms with van der Waals surface area (Å²) in [6.07, 6.45) is 11.1. The molecular formula is C14H23N3O. The summed E-state index contributed by atoms with van der Waals surface area (Å²) in [5, 5.41) is 11.8. The highest BCUT2D eigenvalue weighted by Gasteiger charge is 2.20. The van der Waals surface area contributed by atoms with Gasteiger partial charge < -0.3 is 9.73 Å². The molecule has 2 aliphatic rings. The molecular weight excluding hydrogens is 226 g/mol. The highest BCUT2D eigenvalue weighted by Crippen LogP contribution is 2.27. The summed E-state index contributed by atoms with van der Waals surface area (Å²) in [6, 6.07) is 0.797. The van der Waals surface area contributed by atoms with Gasteiger partial charge in [0.15, 0.2) is 0 Å². The van der Waals surface area contributed by atoms with Gasteiger partial charge in [0, 0.05) is 18.9 Å². The molecule has 18 heavy (non-hydrogen) atoms. The van der Waals surface area contributed by atoms with E-state index in [4.69, 9.17) is 4.42 Å². The van der Waals surface area contributed by atoms with Crippen molar-refractivity contribution in [3.05, 3.63) is 11.8 Å². The van der Waals surface area contributed by atoms with E-state index in [1.165, 1.54) is 38.5 Å². The first-order valence-electron chi connectivity index (χ1n) is 7.45. The molecule has 0 aromatic carbocycles. The maximum atomic E-state index is 5.72. The van der Waals surface area contributed by atoms with Crippen molar-refractivity contribution in [3.8, 4) is 0 Å². The Morgan fingerprint density at radius 3 is 2.61 bits per heavy atom. The Hall–Kier alpha value is -0.900. The first-order chi connectivity index (χ1) is 8.90. The lowest BCUT2D eigenvalue weighted by molar-refractivity contribution is 0.404. The van der Waals surface area contributed by atoms with E-state index in [0.717, 1.165) is 49.5 Å². The van der Waals surface area contributed by atoms with Crippen LogP contribution in [0, 0.1) is 5.92 Å². The molecule has 2 saturated carbocycles. The topological polar surface area (TPSA) is 51.0 Å². The van der Waals surface area contributed by atoms with Gasteiger partial charge in [-0.15, -0.1) is 10.2 Å². The van der Waals surface area contributed by atoms with Crippen LogP contribution in [0.5, 0.6) is 0 Å². The van der Waals surface area contributed by atoms with E-state index in [-0.39, 0.29) is 0 Å². The lowest BCUT2D eigenvalue weighted by atomic mass is 10.0. The average molecular weight is 249 g/mol. The second-order valence-electron chi connectivity index (χ2n) is 5.78. The normalized spacial score (nSPS) is 20.7. The Morgan fingerprint density at radius 1 is 1.06 bits per heavy atom. The Bertz CT molecular complexity index is 367. The third-order valence-corrected chi connectivity index (χ3v) is 4.02. The standard InChI is InChI=1S/C14H23N3O/c1-2-5-11(4-1)10-14-17-16-13(18-14)6-3-9-15-12-7-8-12/h11-12,15H,1-10H2. The average Bonchev–Trinajstić information content (AvgIpc) is 2.88. The van der Waals surface area contributed by atoms with E-state index >= 15 is 0 Å². The van der Waals surface area contributed by atoms with Gasteiger partial charge >= 0.3 is 0 Å². The van der Waals surface area contributed by atoms with Crippen LogP contribution in [0.25, 0.3) is 0 Å². The van der Waals surface area contributed by atoms with E-state index in [0.29, 0.717) is 0 Å². The molecule has 2 fully saturated rings. The second-order valence-corrected chi connectivity index (χ2v) is 5.78. The SMILES string of the molecule is C(CNC1CC1)Cc1nnc(CC2CCCC2)o1. The second kappa shape index (κ2) is 5.83. The highest BCUT2D eigenvalue weighted by molar-refractivity contribution is 4.86. The number of nitrogens with one attached hydrogen (secondary N) is 1. The van der Waals surface area contributed by atoms with Crippen molar-refractivity contribution in [2.24, 2.45) is 5.92 Å². The van der Waals surface area contributed by atoms with Crippen LogP contribution in [-0.2, 0) is 12.8 Å². The van der Waals surface area contributed by atoms with Crippen molar-refractivity contribution in [3.63, 3.8) is 0 Å². The third-order valence-electron chi connectivity index (χ3n) is 4.02. The van der Waals surface area contributed by atoms with Crippen LogP contribution in [0.15, 0.2) is 4.42 Å². The van der Waals surface area contributed by atoms with Gasteiger partial charge in [0.1, 0.15) is 0 Å². The molecule has 0 bridgehead atoms. The zero-order chi connectivity index (χ0) is 12.2. The highest BCUT2D eigenvalue weighted by atomic mass is 16.4. The van der Waals surface area contributed by atoms with E-state index < -0.39 is 0 Å². The van der Waals surface area contributed by atoms with Gasteiger partial charge in [-0.2, -0.15) is 0 Å². The van der Waals surface area contributed by atoms with Gasteiger partial charge in [-0.3, -0.25) is 0 Å². The summed E-state index contributed by atoms with van der Waals surface area (Å²) in [5.74, 6) is 2.46. The zero-order valence-electron chi connectivity index (χ0n) is 11.0. The van der Waals surface area contributed by atoms with Crippen molar-refractivity contribution in [1.29, 1.82) is 0 Å². The van der Waals surface area contributed by atoms with Crippen LogP contribution in [0.3, 0.4) is 0 Å². The van der Waals surface area contributed by atoms with E-state index in [9.17, 15) is 0 Å². The largest absolute Gasteiger partial charge is 0.425 e. The maximum Gasteiger partial charge on any atom is 0.216 e. The molecule has 0 aliphatic heterocycles. The summed E-state index contributed by atoms with van der Waals surface area (Å²) in [7, 11) is 0. The number of aromatic nitrogens is 2. The number of hydrogen-bond acceptors (Lipinski definition) is 4. The van der Waals surface area contributed by atoms with Crippen molar-refractivity contribution < 1.29 is 4.42 Å². The molecule has 100 valence electrons. The van der Waals surface area contributed by atoms with Crippen LogP contribution in [0.2, 0.25) is 0 Å². The zero-order valence-corrected chi connectivity index (χ0v) is 11.0. The maximum absolute atomic E-state index is 5.72. The van der Waals surface area contributed by atoms with Crippen LogP contribution >= 0.6 is 0 Å². The van der Waals surface area contributed by atoms with Gasteiger partial charge in [-0.05, 0) is 44.6 Å². The molecule has 0 amide bonds. The molecule has 1 aromatic heterocycles. The fourth-order valence-corrected chi connectivity index (χ4v) is 2.77. The lowest BCUT2D eigenvalue weighted by Gasteiger charge is -2.03. The summed E-state index contributed by atoms with van der Waals surface area (Å²) < 4.78 is 5.72. The minimum atomic E-state index is 0.787. The molecule has 1 heterocycles. The molecule has 0 radical (unpaired) electrons. The number of nitrogens with zero attached hydrogens (tertiary/aromatic N) is 2. The van der Waals surface area contributed by atoms with Crippen LogP contribution in [-0.4, -0.2) is 22.8 Å². The summed E-state index contributed by atoms with van der Waals surface area (Å²) in [6.45, 7) is 1.07. The van der Waals surface area contributed by atoms with Gasteiger partial charge in [-0.1, -0.05) is 12.8 Å². The first kappa shape index (κ1) is 12.2. The molecule has 1 N–H and O–H groups in total. The molecule has 3 rings (SSSR count). The van der Waals surface area contributed by atoms with Crippen molar-refractivity contribution >= 4 is 0 Å². The number of hydrogen-bond donors (Lipinski definition) is 1. The van der Waals surface area contributed by atoms with Crippen LogP contribution in [0.1, 0.15) is 56.7 Å². The molecule has 4 heteroatoms. The minimum absolute atomic E-state index is 0.787. The molecule has 0 spiro atoms. The van der Waals surface area contributed by atoms with E-state index in [2.05, 4.69) is 15.5 Å². The van der Waals surface area contributed by atoms with E-state index in [1.54, 1.807) is 0 Å². The van der Waals surface area contributed by atoms with Crippen LogP contribution in [0.4, 0.5) is 0 Å². The molecule has 4 nitrogen and oxygen atoms in total. The van der Waals surface area contributed by atoms with Crippen LogP contribution < -0.4 is 5.32 Å². The summed E-state index contributed by atoms with van der Waals surface area (Å²) in [4.78, 5) is 0. The number of rotatable bonds is 7. The fraction of sp³-hybridized carbons (Fsp3) is 0.857. The lowest BCUT2D eigenvalue weighted by Crippen LogP contribution is -2.17. The summed E-state index contributed by atoms with van der Waals surface area (Å²) >= 11 is 0. The van der Waals surface area contributed by atoms with Gasteiger partial charge in [0.25, 0.3) is 0 Å². The summed E-state index contributed by atoms with van der Waals surface area (Å²) in [5.41, 5.74) is 0. The third kappa shape index (κ3) is 3.55. The molecule has 0 saturated heterocycles. The Labute approximate surface area is 109 Å². The van der Waals surface area contributed by atoms with Gasteiger partial charge in [-0.25, -0.2) is 0 Å². The van der Waals surface area contributed by atoms with Crippen molar-refractivity contribution in [2.45, 2.75) is 63.8 Å².